The number of carbonyl (C=O) groups is 1. The molecule has 102 valence electrons. The van der Waals surface area contributed by atoms with Gasteiger partial charge in [0.05, 0.1) is 11.1 Å². The molecule has 19 heavy (non-hydrogen) atoms. The fraction of sp³-hybridized carbons (Fsp3) is 0.357. The van der Waals surface area contributed by atoms with Crippen molar-refractivity contribution in [2.45, 2.75) is 26.4 Å². The van der Waals surface area contributed by atoms with Crippen LogP contribution in [0, 0.1) is 0 Å². The summed E-state index contributed by atoms with van der Waals surface area (Å²) in [6.07, 6.45) is -3.93. The smallest absolute Gasteiger partial charge is 0.339 e. The number of benzene rings is 1. The Hall–Kier alpha value is -1.78. The van der Waals surface area contributed by atoms with Gasteiger partial charge >= 0.3 is 6.18 Å². The van der Waals surface area contributed by atoms with E-state index in [0.717, 1.165) is 10.1 Å². The van der Waals surface area contributed by atoms with E-state index in [1.165, 1.54) is 14.0 Å². The SMILES string of the molecule is CCc1cccc2c(C(C)=O)c(C(F)(F)F)n(C)c12. The van der Waals surface area contributed by atoms with Gasteiger partial charge in [-0.1, -0.05) is 25.1 Å². The van der Waals surface area contributed by atoms with Gasteiger partial charge in [-0.25, -0.2) is 0 Å². The van der Waals surface area contributed by atoms with Crippen molar-refractivity contribution in [1.29, 1.82) is 0 Å². The number of aromatic nitrogens is 1. The van der Waals surface area contributed by atoms with Crippen LogP contribution in [0.2, 0.25) is 0 Å². The van der Waals surface area contributed by atoms with Crippen molar-refractivity contribution in [3.8, 4) is 0 Å². The van der Waals surface area contributed by atoms with Crippen LogP contribution in [0.5, 0.6) is 0 Å². The summed E-state index contributed by atoms with van der Waals surface area (Å²) >= 11 is 0. The average Bonchev–Trinajstić information content (AvgIpc) is 2.62. The maximum absolute atomic E-state index is 13.2. The molecule has 1 heterocycles. The van der Waals surface area contributed by atoms with Gasteiger partial charge in [-0.3, -0.25) is 4.79 Å². The Balaban J connectivity index is 3.00. The van der Waals surface area contributed by atoms with E-state index in [2.05, 4.69) is 0 Å². The van der Waals surface area contributed by atoms with E-state index in [-0.39, 0.29) is 5.56 Å². The minimum absolute atomic E-state index is 0.236. The van der Waals surface area contributed by atoms with Gasteiger partial charge in [0.1, 0.15) is 5.69 Å². The highest BCUT2D eigenvalue weighted by Gasteiger charge is 2.39. The highest BCUT2D eigenvalue weighted by molar-refractivity contribution is 6.09. The van der Waals surface area contributed by atoms with E-state index in [4.69, 9.17) is 0 Å². The van der Waals surface area contributed by atoms with E-state index in [1.807, 2.05) is 6.92 Å². The highest BCUT2D eigenvalue weighted by atomic mass is 19.4. The summed E-state index contributed by atoms with van der Waals surface area (Å²) in [6, 6.07) is 5.04. The summed E-state index contributed by atoms with van der Waals surface area (Å²) in [6.45, 7) is 3.05. The second-order valence-corrected chi connectivity index (χ2v) is 4.50. The molecule has 1 aromatic carbocycles. The molecule has 0 bridgehead atoms. The fourth-order valence-electron chi connectivity index (χ4n) is 2.57. The minimum Gasteiger partial charge on any atom is -0.339 e. The van der Waals surface area contributed by atoms with E-state index in [9.17, 15) is 18.0 Å². The molecule has 0 saturated heterocycles. The quantitative estimate of drug-likeness (QED) is 0.756. The number of nitrogens with zero attached hydrogens (tertiary/aromatic N) is 1. The first kappa shape index (κ1) is 13.6. The van der Waals surface area contributed by atoms with Crippen LogP contribution in [-0.4, -0.2) is 10.4 Å². The number of rotatable bonds is 2. The second kappa shape index (κ2) is 4.40. The summed E-state index contributed by atoms with van der Waals surface area (Å²) in [5.74, 6) is -0.564. The number of ketones is 1. The molecule has 0 spiro atoms. The molecule has 0 radical (unpaired) electrons. The molecule has 0 atom stereocenters. The summed E-state index contributed by atoms with van der Waals surface area (Å²) in [4.78, 5) is 11.6. The summed E-state index contributed by atoms with van der Waals surface area (Å²) in [5.41, 5.74) is 0.191. The lowest BCUT2D eigenvalue weighted by atomic mass is 10.0. The molecule has 0 unspecified atom stereocenters. The Bertz CT molecular complexity index is 653. The Kier molecular flexibility index (Phi) is 3.16. The molecule has 0 N–H and O–H groups in total. The van der Waals surface area contributed by atoms with Gasteiger partial charge in [0.15, 0.2) is 5.78 Å². The van der Waals surface area contributed by atoms with Gasteiger partial charge in [0.25, 0.3) is 0 Å². The third-order valence-corrected chi connectivity index (χ3v) is 3.30. The number of fused-ring (bicyclic) bond motifs is 1. The van der Waals surface area contributed by atoms with Gasteiger partial charge in [0.2, 0.25) is 0 Å². The third kappa shape index (κ3) is 2.03. The molecule has 2 rings (SSSR count). The third-order valence-electron chi connectivity index (χ3n) is 3.30. The molecule has 0 aliphatic heterocycles. The van der Waals surface area contributed by atoms with Gasteiger partial charge in [-0.15, -0.1) is 0 Å². The van der Waals surface area contributed by atoms with Crippen molar-refractivity contribution in [1.82, 2.24) is 4.57 Å². The zero-order valence-electron chi connectivity index (χ0n) is 10.9. The van der Waals surface area contributed by atoms with Crippen molar-refractivity contribution in [3.05, 3.63) is 35.0 Å². The number of para-hydroxylation sites is 1. The Morgan fingerprint density at radius 1 is 1.32 bits per heavy atom. The lowest BCUT2D eigenvalue weighted by Gasteiger charge is -2.10. The van der Waals surface area contributed by atoms with E-state index < -0.39 is 17.7 Å². The Labute approximate surface area is 108 Å². The van der Waals surface area contributed by atoms with E-state index >= 15 is 0 Å². The Morgan fingerprint density at radius 3 is 2.42 bits per heavy atom. The molecule has 0 aliphatic rings. The van der Waals surface area contributed by atoms with Crippen molar-refractivity contribution in [2.75, 3.05) is 0 Å². The average molecular weight is 269 g/mol. The number of halogens is 3. The van der Waals surface area contributed by atoms with Crippen LogP contribution in [0.4, 0.5) is 13.2 Å². The topological polar surface area (TPSA) is 22.0 Å². The van der Waals surface area contributed by atoms with Crippen LogP contribution in [0.3, 0.4) is 0 Å². The van der Waals surface area contributed by atoms with Gasteiger partial charge in [0, 0.05) is 12.4 Å². The maximum Gasteiger partial charge on any atom is 0.432 e. The van der Waals surface area contributed by atoms with Crippen molar-refractivity contribution >= 4 is 16.7 Å². The predicted molar refractivity (Wildman–Crippen MR) is 67.3 cm³/mol. The molecule has 1 aromatic heterocycles. The maximum atomic E-state index is 13.2. The zero-order valence-corrected chi connectivity index (χ0v) is 10.9. The first-order valence-corrected chi connectivity index (χ1v) is 5.97. The van der Waals surface area contributed by atoms with Crippen molar-refractivity contribution in [3.63, 3.8) is 0 Å². The minimum atomic E-state index is -4.54. The van der Waals surface area contributed by atoms with Gasteiger partial charge in [-0.05, 0) is 18.9 Å². The molecule has 0 amide bonds. The number of alkyl halides is 3. The number of aryl methyl sites for hydroxylation is 2. The lowest BCUT2D eigenvalue weighted by Crippen LogP contribution is -2.15. The molecular formula is C14H14F3NO. The molecule has 5 heteroatoms. The number of hydrogen-bond donors (Lipinski definition) is 0. The van der Waals surface area contributed by atoms with Crippen LogP contribution < -0.4 is 0 Å². The standard InChI is InChI=1S/C14H14F3NO/c1-4-9-6-5-7-10-11(8(2)19)13(14(15,16)17)18(3)12(9)10/h5-7H,4H2,1-3H3. The van der Waals surface area contributed by atoms with Gasteiger partial charge < -0.3 is 4.57 Å². The summed E-state index contributed by atoms with van der Waals surface area (Å²) in [5, 5.41) is 0.377. The second-order valence-electron chi connectivity index (χ2n) is 4.50. The largest absolute Gasteiger partial charge is 0.432 e. The molecule has 0 fully saturated rings. The van der Waals surface area contributed by atoms with Crippen molar-refractivity contribution in [2.24, 2.45) is 7.05 Å². The summed E-state index contributed by atoms with van der Waals surface area (Å²) < 4.78 is 40.6. The Morgan fingerprint density at radius 2 is 1.95 bits per heavy atom. The van der Waals surface area contributed by atoms with E-state index in [0.29, 0.717) is 17.3 Å². The molecule has 2 nitrogen and oxygen atoms in total. The zero-order chi connectivity index (χ0) is 14.4. The first-order valence-electron chi connectivity index (χ1n) is 5.97. The number of carbonyl (C=O) groups excluding carboxylic acids is 1. The normalized spacial score (nSPS) is 12.1. The van der Waals surface area contributed by atoms with Crippen molar-refractivity contribution < 1.29 is 18.0 Å². The number of hydrogen-bond acceptors (Lipinski definition) is 1. The fourth-order valence-corrected chi connectivity index (χ4v) is 2.57. The summed E-state index contributed by atoms with van der Waals surface area (Å²) in [7, 11) is 1.36. The molecular weight excluding hydrogens is 255 g/mol. The van der Waals surface area contributed by atoms with Gasteiger partial charge in [-0.2, -0.15) is 13.2 Å². The predicted octanol–water partition coefficient (Wildman–Crippen LogP) is 3.96. The molecule has 0 saturated carbocycles. The van der Waals surface area contributed by atoms with Crippen LogP contribution >= 0.6 is 0 Å². The molecule has 2 aromatic rings. The number of Topliss-reactive ketones (excluding diaryl/α,β-unsaturated/α-hetero) is 1. The van der Waals surface area contributed by atoms with E-state index in [1.54, 1.807) is 18.2 Å². The van der Waals surface area contributed by atoms with Crippen LogP contribution in [0.15, 0.2) is 18.2 Å². The van der Waals surface area contributed by atoms with Crippen LogP contribution in [0.1, 0.15) is 35.5 Å². The van der Waals surface area contributed by atoms with Crippen LogP contribution in [0.25, 0.3) is 10.9 Å². The van der Waals surface area contributed by atoms with Crippen LogP contribution in [-0.2, 0) is 19.6 Å². The first-order chi connectivity index (χ1) is 8.79. The lowest BCUT2D eigenvalue weighted by molar-refractivity contribution is -0.143. The highest BCUT2D eigenvalue weighted by Crippen LogP contribution is 2.38. The molecule has 0 aliphatic carbocycles. The monoisotopic (exact) mass is 269 g/mol.